The largest absolute Gasteiger partial charge is 0.513 e. The number of furan rings is 1. The molecule has 114 valence electrons. The topological polar surface area (TPSA) is 75.2 Å². The minimum absolute atomic E-state index is 0.106. The third-order valence-electron chi connectivity index (χ3n) is 3.28. The van der Waals surface area contributed by atoms with Crippen LogP contribution >= 0.6 is 0 Å². The number of rotatable bonds is 4. The second-order valence-electron chi connectivity index (χ2n) is 5.03. The van der Waals surface area contributed by atoms with Gasteiger partial charge in [-0.05, 0) is 36.8 Å². The van der Waals surface area contributed by atoms with Crippen LogP contribution in [0.2, 0.25) is 0 Å². The van der Waals surface area contributed by atoms with E-state index >= 15 is 0 Å². The van der Waals surface area contributed by atoms with E-state index in [9.17, 15) is 9.90 Å². The molecule has 0 bridgehead atoms. The van der Waals surface area contributed by atoms with Crippen molar-refractivity contribution in [3.05, 3.63) is 77.9 Å². The summed E-state index contributed by atoms with van der Waals surface area (Å²) in [7, 11) is 0. The van der Waals surface area contributed by atoms with Crippen LogP contribution in [0.15, 0.2) is 81.2 Å². The van der Waals surface area contributed by atoms with Gasteiger partial charge >= 0.3 is 0 Å². The average molecular weight is 306 g/mol. The molecule has 5 nitrogen and oxygen atoms in total. The van der Waals surface area contributed by atoms with Gasteiger partial charge in [-0.2, -0.15) is 5.11 Å². The standard InChI is InChI=1S/C18H14N2O3/c1-12-5-4-7-14(9-12)19-20-15(11-21)18(22)17-10-13-6-2-3-8-16(13)23-17/h2-11,21H,1H3/b15-11-,20-19?. The lowest BCUT2D eigenvalue weighted by Gasteiger charge is -1.97. The number of fused-ring (bicyclic) bond motifs is 1. The highest BCUT2D eigenvalue weighted by Crippen LogP contribution is 2.22. The van der Waals surface area contributed by atoms with Gasteiger partial charge in [0, 0.05) is 5.39 Å². The lowest BCUT2D eigenvalue weighted by molar-refractivity contribution is 0.100. The number of aliphatic hydroxyl groups excluding tert-OH is 1. The lowest BCUT2D eigenvalue weighted by Crippen LogP contribution is -1.99. The van der Waals surface area contributed by atoms with Crippen LogP contribution in [-0.4, -0.2) is 10.9 Å². The highest BCUT2D eigenvalue weighted by molar-refractivity contribution is 6.08. The van der Waals surface area contributed by atoms with Gasteiger partial charge in [0.05, 0.1) is 5.69 Å². The quantitative estimate of drug-likeness (QED) is 0.315. The smallest absolute Gasteiger partial charge is 0.251 e. The van der Waals surface area contributed by atoms with Crippen molar-refractivity contribution in [2.75, 3.05) is 0 Å². The number of benzene rings is 2. The molecule has 0 aliphatic carbocycles. The van der Waals surface area contributed by atoms with Crippen molar-refractivity contribution in [3.63, 3.8) is 0 Å². The van der Waals surface area contributed by atoms with Gasteiger partial charge in [0.15, 0.2) is 11.5 Å². The summed E-state index contributed by atoms with van der Waals surface area (Å²) in [5, 5.41) is 17.9. The maximum Gasteiger partial charge on any atom is 0.251 e. The van der Waals surface area contributed by atoms with Crippen LogP contribution in [0.1, 0.15) is 16.1 Å². The minimum atomic E-state index is -0.528. The molecular formula is C18H14N2O3. The number of azo groups is 1. The third kappa shape index (κ3) is 3.18. The molecule has 0 saturated carbocycles. The van der Waals surface area contributed by atoms with Gasteiger partial charge in [0.2, 0.25) is 0 Å². The molecule has 0 saturated heterocycles. The van der Waals surface area contributed by atoms with E-state index in [1.165, 1.54) is 0 Å². The Kier molecular flexibility index (Phi) is 4.01. The van der Waals surface area contributed by atoms with Gasteiger partial charge in [-0.15, -0.1) is 5.11 Å². The molecule has 1 N–H and O–H groups in total. The second-order valence-corrected chi connectivity index (χ2v) is 5.03. The molecule has 1 aromatic heterocycles. The zero-order valence-electron chi connectivity index (χ0n) is 12.4. The van der Waals surface area contributed by atoms with Gasteiger partial charge in [-0.1, -0.05) is 30.3 Å². The Balaban J connectivity index is 1.87. The maximum atomic E-state index is 12.4. The fourth-order valence-electron chi connectivity index (χ4n) is 2.15. The molecule has 0 amide bonds. The first-order valence-corrected chi connectivity index (χ1v) is 7.03. The third-order valence-corrected chi connectivity index (χ3v) is 3.28. The Morgan fingerprint density at radius 2 is 1.96 bits per heavy atom. The number of carbonyl (C=O) groups excluding carboxylic acids is 1. The predicted octanol–water partition coefficient (Wildman–Crippen LogP) is 5.11. The van der Waals surface area contributed by atoms with E-state index in [1.807, 2.05) is 43.3 Å². The highest BCUT2D eigenvalue weighted by Gasteiger charge is 2.17. The molecule has 0 fully saturated rings. The van der Waals surface area contributed by atoms with E-state index in [-0.39, 0.29) is 11.5 Å². The number of aryl methyl sites for hydroxylation is 1. The van der Waals surface area contributed by atoms with E-state index in [0.717, 1.165) is 10.9 Å². The number of Topliss-reactive ketones (excluding diaryl/α,β-unsaturated/α-hetero) is 1. The van der Waals surface area contributed by atoms with E-state index < -0.39 is 5.78 Å². The SMILES string of the molecule is Cc1cccc(N=N/C(=C\O)C(=O)c2cc3ccccc3o2)c1. The first-order chi connectivity index (χ1) is 11.2. The summed E-state index contributed by atoms with van der Waals surface area (Å²) in [6, 6.07) is 16.3. The van der Waals surface area contributed by atoms with Gasteiger partial charge in [-0.3, -0.25) is 4.79 Å². The van der Waals surface area contributed by atoms with Gasteiger partial charge in [0.25, 0.3) is 5.78 Å². The van der Waals surface area contributed by atoms with Crippen LogP contribution in [0.4, 0.5) is 5.69 Å². The summed E-state index contributed by atoms with van der Waals surface area (Å²) >= 11 is 0. The summed E-state index contributed by atoms with van der Waals surface area (Å²) in [5.74, 6) is -0.421. The van der Waals surface area contributed by atoms with Crippen molar-refractivity contribution in [2.45, 2.75) is 6.92 Å². The van der Waals surface area contributed by atoms with Crippen LogP contribution in [0.25, 0.3) is 11.0 Å². The van der Waals surface area contributed by atoms with Gasteiger partial charge in [0.1, 0.15) is 11.8 Å². The van der Waals surface area contributed by atoms with Crippen molar-refractivity contribution in [2.24, 2.45) is 10.2 Å². The fourth-order valence-corrected chi connectivity index (χ4v) is 2.15. The zero-order valence-corrected chi connectivity index (χ0v) is 12.4. The Bertz CT molecular complexity index is 890. The van der Waals surface area contributed by atoms with Gasteiger partial charge in [-0.25, -0.2) is 0 Å². The van der Waals surface area contributed by atoms with Crippen molar-refractivity contribution < 1.29 is 14.3 Å². The molecule has 5 heteroatoms. The Morgan fingerprint density at radius 3 is 2.70 bits per heavy atom. The molecule has 0 radical (unpaired) electrons. The van der Waals surface area contributed by atoms with E-state index in [1.54, 1.807) is 18.2 Å². The minimum Gasteiger partial charge on any atom is -0.513 e. The Labute approximate surface area is 132 Å². The summed E-state index contributed by atoms with van der Waals surface area (Å²) in [6.07, 6.45) is 0.634. The Hall–Kier alpha value is -3.21. The molecule has 0 aliphatic heterocycles. The fraction of sp³-hybridized carbons (Fsp3) is 0.0556. The molecular weight excluding hydrogens is 292 g/mol. The highest BCUT2D eigenvalue weighted by atomic mass is 16.3. The number of ketones is 1. The molecule has 23 heavy (non-hydrogen) atoms. The first-order valence-electron chi connectivity index (χ1n) is 7.03. The molecule has 0 atom stereocenters. The summed E-state index contributed by atoms with van der Waals surface area (Å²) < 4.78 is 5.48. The first kappa shape index (κ1) is 14.7. The summed E-state index contributed by atoms with van der Waals surface area (Å²) in [6.45, 7) is 1.93. The lowest BCUT2D eigenvalue weighted by atomic mass is 10.2. The van der Waals surface area contributed by atoms with Crippen molar-refractivity contribution in [3.8, 4) is 0 Å². The normalized spacial score (nSPS) is 12.1. The van der Waals surface area contributed by atoms with E-state index in [2.05, 4.69) is 10.2 Å². The van der Waals surface area contributed by atoms with Crippen molar-refractivity contribution in [1.82, 2.24) is 0 Å². The average Bonchev–Trinajstić information content (AvgIpc) is 2.99. The molecule has 0 unspecified atom stereocenters. The van der Waals surface area contributed by atoms with E-state index in [0.29, 0.717) is 17.5 Å². The number of nitrogens with zero attached hydrogens (tertiary/aromatic N) is 2. The van der Waals surface area contributed by atoms with Crippen LogP contribution in [0.5, 0.6) is 0 Å². The second kappa shape index (κ2) is 6.27. The molecule has 0 spiro atoms. The monoisotopic (exact) mass is 306 g/mol. The van der Waals surface area contributed by atoms with Crippen LogP contribution in [-0.2, 0) is 0 Å². The van der Waals surface area contributed by atoms with Crippen LogP contribution in [0.3, 0.4) is 0 Å². The van der Waals surface area contributed by atoms with E-state index in [4.69, 9.17) is 4.42 Å². The molecule has 3 aromatic rings. The number of hydrogen-bond donors (Lipinski definition) is 1. The van der Waals surface area contributed by atoms with Crippen molar-refractivity contribution in [1.29, 1.82) is 0 Å². The molecule has 0 aliphatic rings. The summed E-state index contributed by atoms with van der Waals surface area (Å²) in [4.78, 5) is 12.4. The zero-order chi connectivity index (χ0) is 16.2. The predicted molar refractivity (Wildman–Crippen MR) is 87.0 cm³/mol. The number of aliphatic hydroxyl groups is 1. The number of para-hydroxylation sites is 1. The van der Waals surface area contributed by atoms with Crippen molar-refractivity contribution >= 4 is 22.4 Å². The summed E-state index contributed by atoms with van der Waals surface area (Å²) in [5.41, 5.74) is 2.04. The van der Waals surface area contributed by atoms with Gasteiger partial charge < -0.3 is 9.52 Å². The molecule has 1 heterocycles. The molecule has 2 aromatic carbocycles. The Morgan fingerprint density at radius 1 is 1.13 bits per heavy atom. The van der Waals surface area contributed by atoms with Crippen LogP contribution in [0, 0.1) is 6.92 Å². The number of carbonyl (C=O) groups is 1. The molecule has 3 rings (SSSR count). The van der Waals surface area contributed by atoms with Crippen LogP contribution < -0.4 is 0 Å². The number of hydrogen-bond acceptors (Lipinski definition) is 5. The number of allylic oxidation sites excluding steroid dienone is 1. The maximum absolute atomic E-state index is 12.4.